The predicted octanol–water partition coefficient (Wildman–Crippen LogP) is 4.53. The highest BCUT2D eigenvalue weighted by molar-refractivity contribution is 6.01. The molecular formula is C19H18O. The Balaban J connectivity index is 2.49. The summed E-state index contributed by atoms with van der Waals surface area (Å²) in [6.45, 7) is 9.43. The van der Waals surface area contributed by atoms with Gasteiger partial charge in [-0.3, -0.25) is 4.79 Å². The van der Waals surface area contributed by atoms with Crippen molar-refractivity contribution in [3.63, 3.8) is 0 Å². The summed E-state index contributed by atoms with van der Waals surface area (Å²) in [7, 11) is 0. The molecule has 0 fully saturated rings. The van der Waals surface area contributed by atoms with Crippen molar-refractivity contribution in [2.45, 2.75) is 13.3 Å². The molecule has 0 N–H and O–H groups in total. The number of allylic oxidation sites excluding steroid dienone is 8. The van der Waals surface area contributed by atoms with E-state index < -0.39 is 0 Å². The van der Waals surface area contributed by atoms with Crippen LogP contribution in [0.3, 0.4) is 0 Å². The summed E-state index contributed by atoms with van der Waals surface area (Å²) in [5, 5.41) is 0. The van der Waals surface area contributed by atoms with Crippen LogP contribution in [-0.2, 0) is 11.2 Å². The van der Waals surface area contributed by atoms with E-state index in [9.17, 15) is 4.79 Å². The van der Waals surface area contributed by atoms with Crippen molar-refractivity contribution < 1.29 is 4.79 Å². The molecule has 0 aliphatic heterocycles. The molecule has 1 aromatic rings. The maximum Gasteiger partial charge on any atom is 0.160 e. The standard InChI is InChI=1S/C19H18O/c1-4-6-8-15(7-5-2)16-9-10-17-12-18(20)11-14(3)19(17)13-16/h4-11,13H,1-2,12H2,3H3/b8-6-,15-7+. The van der Waals surface area contributed by atoms with E-state index in [1.807, 2.05) is 37.3 Å². The van der Waals surface area contributed by atoms with Crippen LogP contribution in [0.2, 0.25) is 0 Å². The van der Waals surface area contributed by atoms with Crippen LogP contribution in [0.5, 0.6) is 0 Å². The van der Waals surface area contributed by atoms with Gasteiger partial charge in [-0.05, 0) is 46.9 Å². The maximum absolute atomic E-state index is 11.6. The molecule has 100 valence electrons. The van der Waals surface area contributed by atoms with Crippen LogP contribution in [0.4, 0.5) is 0 Å². The number of fused-ring (bicyclic) bond motifs is 1. The van der Waals surface area contributed by atoms with Crippen molar-refractivity contribution in [3.8, 4) is 0 Å². The first kappa shape index (κ1) is 14.0. The van der Waals surface area contributed by atoms with E-state index >= 15 is 0 Å². The average molecular weight is 262 g/mol. The molecule has 0 amide bonds. The molecule has 1 aliphatic rings. The smallest absolute Gasteiger partial charge is 0.160 e. The summed E-state index contributed by atoms with van der Waals surface area (Å²) in [6, 6.07) is 6.22. The van der Waals surface area contributed by atoms with Gasteiger partial charge in [-0.2, -0.15) is 0 Å². The van der Waals surface area contributed by atoms with Crippen molar-refractivity contribution in [1.82, 2.24) is 0 Å². The zero-order chi connectivity index (χ0) is 14.5. The molecule has 0 bridgehead atoms. The third-order valence-corrected chi connectivity index (χ3v) is 3.32. The monoisotopic (exact) mass is 262 g/mol. The molecular weight excluding hydrogens is 244 g/mol. The summed E-state index contributed by atoms with van der Waals surface area (Å²) in [6.07, 6.45) is 11.6. The molecule has 0 heterocycles. The maximum atomic E-state index is 11.6. The number of ketones is 1. The van der Waals surface area contributed by atoms with Crippen molar-refractivity contribution in [2.24, 2.45) is 0 Å². The zero-order valence-corrected chi connectivity index (χ0v) is 11.7. The van der Waals surface area contributed by atoms with Crippen LogP contribution >= 0.6 is 0 Å². The van der Waals surface area contributed by atoms with Crippen LogP contribution in [0.1, 0.15) is 23.6 Å². The first-order valence-electron chi connectivity index (χ1n) is 6.62. The molecule has 1 aromatic carbocycles. The van der Waals surface area contributed by atoms with Gasteiger partial charge < -0.3 is 0 Å². The van der Waals surface area contributed by atoms with Crippen LogP contribution < -0.4 is 0 Å². The van der Waals surface area contributed by atoms with Gasteiger partial charge in [-0.25, -0.2) is 0 Å². The van der Waals surface area contributed by atoms with E-state index in [0.29, 0.717) is 6.42 Å². The predicted molar refractivity (Wildman–Crippen MR) is 86.3 cm³/mol. The van der Waals surface area contributed by atoms with E-state index in [-0.39, 0.29) is 5.78 Å². The average Bonchev–Trinajstić information content (AvgIpc) is 2.43. The highest BCUT2D eigenvalue weighted by atomic mass is 16.1. The van der Waals surface area contributed by atoms with E-state index in [1.165, 1.54) is 0 Å². The number of hydrogen-bond donors (Lipinski definition) is 0. The number of carbonyl (C=O) groups is 1. The van der Waals surface area contributed by atoms with Gasteiger partial charge in [0, 0.05) is 6.42 Å². The first-order valence-corrected chi connectivity index (χ1v) is 6.62. The SMILES string of the molecule is C=C/C=C\C(=C/C=C)c1ccc2c(c1)C(C)=CC(=O)C2. The fourth-order valence-electron chi connectivity index (χ4n) is 2.38. The highest BCUT2D eigenvalue weighted by Gasteiger charge is 2.15. The number of carbonyl (C=O) groups excluding carboxylic acids is 1. The Hall–Kier alpha value is -2.41. The van der Waals surface area contributed by atoms with Gasteiger partial charge in [0.15, 0.2) is 5.78 Å². The lowest BCUT2D eigenvalue weighted by Crippen LogP contribution is -2.08. The van der Waals surface area contributed by atoms with Crippen LogP contribution in [0.15, 0.2) is 67.8 Å². The van der Waals surface area contributed by atoms with Crippen molar-refractivity contribution in [2.75, 3.05) is 0 Å². The molecule has 0 atom stereocenters. The molecule has 1 aliphatic carbocycles. The minimum absolute atomic E-state index is 0.177. The Bertz CT molecular complexity index is 654. The zero-order valence-electron chi connectivity index (χ0n) is 11.7. The second-order valence-electron chi connectivity index (χ2n) is 4.79. The summed E-state index contributed by atoms with van der Waals surface area (Å²) < 4.78 is 0. The lowest BCUT2D eigenvalue weighted by Gasteiger charge is -2.16. The third kappa shape index (κ3) is 2.94. The molecule has 2 rings (SSSR count). The van der Waals surface area contributed by atoms with Crippen LogP contribution in [0, 0.1) is 0 Å². The molecule has 0 saturated heterocycles. The van der Waals surface area contributed by atoms with Gasteiger partial charge in [-0.15, -0.1) is 0 Å². The Morgan fingerprint density at radius 2 is 2.05 bits per heavy atom. The van der Waals surface area contributed by atoms with Gasteiger partial charge in [0.25, 0.3) is 0 Å². The number of benzene rings is 1. The number of hydrogen-bond acceptors (Lipinski definition) is 1. The van der Waals surface area contributed by atoms with E-state index in [4.69, 9.17) is 0 Å². The second-order valence-corrected chi connectivity index (χ2v) is 4.79. The van der Waals surface area contributed by atoms with Crippen molar-refractivity contribution in [3.05, 3.63) is 84.5 Å². The van der Waals surface area contributed by atoms with Crippen LogP contribution in [-0.4, -0.2) is 5.78 Å². The summed E-state index contributed by atoms with van der Waals surface area (Å²) >= 11 is 0. The lowest BCUT2D eigenvalue weighted by atomic mass is 9.88. The Morgan fingerprint density at radius 1 is 1.25 bits per heavy atom. The van der Waals surface area contributed by atoms with Gasteiger partial charge >= 0.3 is 0 Å². The molecule has 0 aromatic heterocycles. The molecule has 0 radical (unpaired) electrons. The third-order valence-electron chi connectivity index (χ3n) is 3.32. The minimum atomic E-state index is 0.177. The lowest BCUT2D eigenvalue weighted by molar-refractivity contribution is -0.114. The van der Waals surface area contributed by atoms with Gasteiger partial charge in [0.2, 0.25) is 0 Å². The summed E-state index contributed by atoms with van der Waals surface area (Å²) in [4.78, 5) is 11.6. The molecule has 1 nitrogen and oxygen atoms in total. The quantitative estimate of drug-likeness (QED) is 0.729. The second kappa shape index (κ2) is 6.16. The van der Waals surface area contributed by atoms with Crippen molar-refractivity contribution in [1.29, 1.82) is 0 Å². The minimum Gasteiger partial charge on any atom is -0.294 e. The topological polar surface area (TPSA) is 17.1 Å². The van der Waals surface area contributed by atoms with E-state index in [2.05, 4.69) is 19.2 Å². The normalized spacial score (nSPS) is 14.9. The van der Waals surface area contributed by atoms with Gasteiger partial charge in [-0.1, -0.05) is 55.7 Å². The molecule has 0 unspecified atom stereocenters. The Morgan fingerprint density at radius 3 is 2.75 bits per heavy atom. The molecule has 20 heavy (non-hydrogen) atoms. The van der Waals surface area contributed by atoms with Gasteiger partial charge in [0.05, 0.1) is 0 Å². The van der Waals surface area contributed by atoms with E-state index in [0.717, 1.165) is 27.8 Å². The Kier molecular flexibility index (Phi) is 4.31. The summed E-state index contributed by atoms with van der Waals surface area (Å²) in [5.41, 5.74) is 5.48. The molecule has 1 heteroatoms. The molecule has 0 spiro atoms. The number of rotatable bonds is 4. The highest BCUT2D eigenvalue weighted by Crippen LogP contribution is 2.28. The first-order chi connectivity index (χ1) is 9.65. The van der Waals surface area contributed by atoms with Gasteiger partial charge in [0.1, 0.15) is 0 Å². The van der Waals surface area contributed by atoms with E-state index in [1.54, 1.807) is 18.2 Å². The summed E-state index contributed by atoms with van der Waals surface area (Å²) in [5.74, 6) is 0.177. The largest absolute Gasteiger partial charge is 0.294 e. The fraction of sp³-hybridized carbons (Fsp3) is 0.105. The van der Waals surface area contributed by atoms with Crippen LogP contribution in [0.25, 0.3) is 11.1 Å². The Labute approximate surface area is 120 Å². The fourth-order valence-corrected chi connectivity index (χ4v) is 2.38. The van der Waals surface area contributed by atoms with Crippen molar-refractivity contribution >= 4 is 16.9 Å². The molecule has 0 saturated carbocycles.